The van der Waals surface area contributed by atoms with E-state index in [1.165, 1.54) is 12.1 Å². The Hall–Kier alpha value is -3.03. The number of non-ortho nitro benzene ring substituents is 1. The van der Waals surface area contributed by atoms with E-state index in [-0.39, 0.29) is 11.6 Å². The number of carbonyl (C=O) groups excluding carboxylic acids is 1. The zero-order valence-corrected chi connectivity index (χ0v) is 14.5. The van der Waals surface area contributed by atoms with Gasteiger partial charge in [-0.15, -0.1) is 0 Å². The highest BCUT2D eigenvalue weighted by molar-refractivity contribution is 5.91. The third-order valence-corrected chi connectivity index (χ3v) is 3.55. The highest BCUT2D eigenvalue weighted by Gasteiger charge is 2.11. The van der Waals surface area contributed by atoms with E-state index < -0.39 is 4.92 Å². The predicted octanol–water partition coefficient (Wildman–Crippen LogP) is 3.14. The van der Waals surface area contributed by atoms with Gasteiger partial charge in [0, 0.05) is 36.5 Å². The summed E-state index contributed by atoms with van der Waals surface area (Å²) in [5.41, 5.74) is 2.96. The molecule has 2 rings (SSSR count). The summed E-state index contributed by atoms with van der Waals surface area (Å²) in [6.07, 6.45) is 0.885. The van der Waals surface area contributed by atoms with Crippen molar-refractivity contribution in [1.29, 1.82) is 0 Å². The van der Waals surface area contributed by atoms with Crippen LogP contribution in [0, 0.1) is 30.9 Å². The molecule has 8 nitrogen and oxygen atoms in total. The minimum atomic E-state index is -0.483. The van der Waals surface area contributed by atoms with Gasteiger partial charge in [-0.3, -0.25) is 14.9 Å². The van der Waals surface area contributed by atoms with Crippen molar-refractivity contribution in [2.75, 3.05) is 17.2 Å². The van der Waals surface area contributed by atoms with Crippen LogP contribution in [0.4, 0.5) is 17.3 Å². The SMILES string of the molecule is Cc1cc(C)nc(NCCCC(=O)Nc2cc([N+](=O)[O-])ccc2C)n1. The molecule has 0 aliphatic rings. The first-order valence-electron chi connectivity index (χ1n) is 7.96. The Bertz CT molecular complexity index is 772. The average Bonchev–Trinajstić information content (AvgIpc) is 2.52. The van der Waals surface area contributed by atoms with Gasteiger partial charge in [-0.2, -0.15) is 0 Å². The average molecular weight is 343 g/mol. The number of hydrogen-bond donors (Lipinski definition) is 2. The Kier molecular flexibility index (Phi) is 5.99. The van der Waals surface area contributed by atoms with E-state index in [2.05, 4.69) is 20.6 Å². The number of nitro benzene ring substituents is 1. The van der Waals surface area contributed by atoms with Crippen LogP contribution in [-0.4, -0.2) is 27.3 Å². The van der Waals surface area contributed by atoms with Crippen molar-refractivity contribution in [1.82, 2.24) is 9.97 Å². The summed E-state index contributed by atoms with van der Waals surface area (Å²) < 4.78 is 0. The molecule has 0 fully saturated rings. The fourth-order valence-electron chi connectivity index (χ4n) is 2.33. The van der Waals surface area contributed by atoms with Crippen LogP contribution in [0.25, 0.3) is 0 Å². The summed E-state index contributed by atoms with van der Waals surface area (Å²) in [5, 5.41) is 16.6. The number of nitrogens with one attached hydrogen (secondary N) is 2. The zero-order valence-electron chi connectivity index (χ0n) is 14.5. The van der Waals surface area contributed by atoms with Gasteiger partial charge in [0.1, 0.15) is 0 Å². The van der Waals surface area contributed by atoms with E-state index in [1.54, 1.807) is 13.0 Å². The third kappa shape index (κ3) is 5.52. The van der Waals surface area contributed by atoms with E-state index >= 15 is 0 Å². The molecule has 8 heteroatoms. The van der Waals surface area contributed by atoms with Crippen molar-refractivity contribution in [3.05, 3.63) is 51.3 Å². The predicted molar refractivity (Wildman–Crippen MR) is 95.7 cm³/mol. The summed E-state index contributed by atoms with van der Waals surface area (Å²) in [6, 6.07) is 6.29. The second-order valence-electron chi connectivity index (χ2n) is 5.81. The molecule has 1 heterocycles. The quantitative estimate of drug-likeness (QED) is 0.454. The number of aryl methyl sites for hydroxylation is 3. The van der Waals surface area contributed by atoms with Crippen molar-refractivity contribution in [3.63, 3.8) is 0 Å². The fraction of sp³-hybridized carbons (Fsp3) is 0.353. The highest BCUT2D eigenvalue weighted by Crippen LogP contribution is 2.22. The molecule has 2 N–H and O–H groups in total. The molecule has 0 aliphatic carbocycles. The molecule has 0 spiro atoms. The van der Waals surface area contributed by atoms with E-state index in [4.69, 9.17) is 0 Å². The number of nitrogens with zero attached hydrogens (tertiary/aromatic N) is 3. The van der Waals surface area contributed by atoms with Gasteiger partial charge in [-0.1, -0.05) is 6.07 Å². The van der Waals surface area contributed by atoms with Gasteiger partial charge in [0.15, 0.2) is 0 Å². The normalized spacial score (nSPS) is 10.4. The van der Waals surface area contributed by atoms with Crippen LogP contribution >= 0.6 is 0 Å². The van der Waals surface area contributed by atoms with Crippen LogP contribution in [-0.2, 0) is 4.79 Å². The Labute approximate surface area is 145 Å². The maximum atomic E-state index is 12.0. The number of aromatic nitrogens is 2. The lowest BCUT2D eigenvalue weighted by atomic mass is 10.1. The van der Waals surface area contributed by atoms with Gasteiger partial charge >= 0.3 is 0 Å². The first-order valence-corrected chi connectivity index (χ1v) is 7.96. The van der Waals surface area contributed by atoms with Crippen molar-refractivity contribution >= 4 is 23.2 Å². The van der Waals surface area contributed by atoms with Gasteiger partial charge in [0.25, 0.3) is 5.69 Å². The summed E-state index contributed by atoms with van der Waals surface area (Å²) in [4.78, 5) is 30.9. The largest absolute Gasteiger partial charge is 0.354 e. The topological polar surface area (TPSA) is 110 Å². The molecule has 1 amide bonds. The van der Waals surface area contributed by atoms with Gasteiger partial charge in [-0.05, 0) is 38.8 Å². The number of carbonyl (C=O) groups is 1. The molecule has 0 radical (unpaired) electrons. The van der Waals surface area contributed by atoms with Crippen molar-refractivity contribution in [2.24, 2.45) is 0 Å². The molecule has 25 heavy (non-hydrogen) atoms. The van der Waals surface area contributed by atoms with Crippen LogP contribution in [0.15, 0.2) is 24.3 Å². The van der Waals surface area contributed by atoms with Crippen LogP contribution in [0.3, 0.4) is 0 Å². The first kappa shape index (κ1) is 18.3. The minimum absolute atomic E-state index is 0.0467. The second-order valence-corrected chi connectivity index (χ2v) is 5.81. The number of hydrogen-bond acceptors (Lipinski definition) is 6. The number of rotatable bonds is 7. The Morgan fingerprint density at radius 2 is 1.84 bits per heavy atom. The van der Waals surface area contributed by atoms with E-state index in [9.17, 15) is 14.9 Å². The molecule has 1 aromatic carbocycles. The lowest BCUT2D eigenvalue weighted by Gasteiger charge is -2.09. The molecule has 2 aromatic rings. The van der Waals surface area contributed by atoms with Crippen LogP contribution in [0.5, 0.6) is 0 Å². The molecule has 0 unspecified atom stereocenters. The fourth-order valence-corrected chi connectivity index (χ4v) is 2.33. The number of anilines is 2. The monoisotopic (exact) mass is 343 g/mol. The van der Waals surface area contributed by atoms with Crippen molar-refractivity contribution in [3.8, 4) is 0 Å². The van der Waals surface area contributed by atoms with E-state index in [0.29, 0.717) is 31.0 Å². The summed E-state index contributed by atoms with van der Waals surface area (Å²) in [6.45, 7) is 6.14. The molecular formula is C17H21N5O3. The molecule has 0 saturated carbocycles. The first-order chi connectivity index (χ1) is 11.8. The maximum absolute atomic E-state index is 12.0. The van der Waals surface area contributed by atoms with Crippen LogP contribution in [0.2, 0.25) is 0 Å². The number of nitro groups is 1. The van der Waals surface area contributed by atoms with Crippen molar-refractivity contribution < 1.29 is 9.72 Å². The lowest BCUT2D eigenvalue weighted by molar-refractivity contribution is -0.384. The van der Waals surface area contributed by atoms with E-state index in [0.717, 1.165) is 17.0 Å². The molecular weight excluding hydrogens is 322 g/mol. The second kappa shape index (κ2) is 8.18. The molecule has 0 bridgehead atoms. The van der Waals surface area contributed by atoms with Gasteiger partial charge in [-0.25, -0.2) is 9.97 Å². The summed E-state index contributed by atoms with van der Waals surface area (Å²) in [7, 11) is 0. The lowest BCUT2D eigenvalue weighted by Crippen LogP contribution is -2.15. The Morgan fingerprint density at radius 1 is 1.16 bits per heavy atom. The molecule has 0 atom stereocenters. The zero-order chi connectivity index (χ0) is 18.4. The third-order valence-electron chi connectivity index (χ3n) is 3.55. The van der Waals surface area contributed by atoms with Crippen LogP contribution in [0.1, 0.15) is 29.8 Å². The molecule has 0 saturated heterocycles. The highest BCUT2D eigenvalue weighted by atomic mass is 16.6. The standard InChI is InChI=1S/C17H21N5O3/c1-11-6-7-14(22(24)25)10-15(11)21-16(23)5-4-8-18-17-19-12(2)9-13(3)20-17/h6-7,9-10H,4-5,8H2,1-3H3,(H,21,23)(H,18,19,20). The summed E-state index contributed by atoms with van der Waals surface area (Å²) in [5.74, 6) is 0.360. The summed E-state index contributed by atoms with van der Waals surface area (Å²) >= 11 is 0. The Morgan fingerprint density at radius 3 is 2.48 bits per heavy atom. The molecule has 1 aromatic heterocycles. The number of amides is 1. The van der Waals surface area contributed by atoms with Crippen molar-refractivity contribution in [2.45, 2.75) is 33.6 Å². The van der Waals surface area contributed by atoms with Gasteiger partial charge < -0.3 is 10.6 Å². The smallest absolute Gasteiger partial charge is 0.271 e. The maximum Gasteiger partial charge on any atom is 0.271 e. The Balaban J connectivity index is 1.83. The van der Waals surface area contributed by atoms with Crippen LogP contribution < -0.4 is 10.6 Å². The minimum Gasteiger partial charge on any atom is -0.354 e. The molecule has 132 valence electrons. The van der Waals surface area contributed by atoms with E-state index in [1.807, 2.05) is 19.9 Å². The van der Waals surface area contributed by atoms with Gasteiger partial charge in [0.05, 0.1) is 10.6 Å². The van der Waals surface area contributed by atoms with Gasteiger partial charge in [0.2, 0.25) is 11.9 Å². The number of benzene rings is 1. The molecule has 0 aliphatic heterocycles.